The van der Waals surface area contributed by atoms with Crippen molar-refractivity contribution in [1.29, 1.82) is 0 Å². The van der Waals surface area contributed by atoms with Crippen molar-refractivity contribution in [3.05, 3.63) is 40.5 Å². The first-order valence-electron chi connectivity index (χ1n) is 3.72. The Morgan fingerprint density at radius 1 is 1.07 bits per heavy atom. The van der Waals surface area contributed by atoms with Crippen molar-refractivity contribution < 1.29 is 13.2 Å². The molecule has 0 saturated carbocycles. The fourth-order valence-corrected chi connectivity index (χ4v) is 1.62. The van der Waals surface area contributed by atoms with Crippen LogP contribution >= 0.6 is 11.3 Å². The third-order valence-electron chi connectivity index (χ3n) is 1.74. The zero-order valence-electron chi connectivity index (χ0n) is 6.80. The number of rotatable bonds is 1. The summed E-state index contributed by atoms with van der Waals surface area (Å²) in [4.78, 5) is 3.81. The van der Waals surface area contributed by atoms with Crippen LogP contribution in [0.3, 0.4) is 0 Å². The van der Waals surface area contributed by atoms with Gasteiger partial charge in [0.05, 0.1) is 11.2 Å². The number of benzene rings is 1. The van der Waals surface area contributed by atoms with Crippen molar-refractivity contribution in [1.82, 2.24) is 4.98 Å². The molecule has 0 aliphatic rings. The van der Waals surface area contributed by atoms with Crippen LogP contribution in [0.25, 0.3) is 11.3 Å². The molecule has 0 fully saturated rings. The molecule has 0 aliphatic heterocycles. The largest absolute Gasteiger partial charge is 0.245 e. The number of thiazole rings is 1. The van der Waals surface area contributed by atoms with E-state index in [4.69, 9.17) is 0 Å². The van der Waals surface area contributed by atoms with Gasteiger partial charge in [-0.3, -0.25) is 0 Å². The van der Waals surface area contributed by atoms with Gasteiger partial charge < -0.3 is 0 Å². The van der Waals surface area contributed by atoms with E-state index in [1.165, 1.54) is 22.9 Å². The molecular formula is C9H4F3NS. The molecule has 0 radical (unpaired) electrons. The van der Waals surface area contributed by atoms with Crippen molar-refractivity contribution in [2.45, 2.75) is 0 Å². The van der Waals surface area contributed by atoms with Gasteiger partial charge in [0, 0.05) is 10.9 Å². The normalized spacial score (nSPS) is 10.5. The first-order valence-corrected chi connectivity index (χ1v) is 4.66. The van der Waals surface area contributed by atoms with Crippen LogP contribution in [0, 0.1) is 17.5 Å². The van der Waals surface area contributed by atoms with Crippen LogP contribution in [-0.2, 0) is 0 Å². The zero-order valence-corrected chi connectivity index (χ0v) is 7.62. The molecule has 1 aromatic heterocycles. The summed E-state index contributed by atoms with van der Waals surface area (Å²) in [6.45, 7) is 0. The lowest BCUT2D eigenvalue weighted by Gasteiger charge is -2.00. The lowest BCUT2D eigenvalue weighted by molar-refractivity contribution is 0.449. The van der Waals surface area contributed by atoms with Crippen molar-refractivity contribution in [3.8, 4) is 11.3 Å². The van der Waals surface area contributed by atoms with Crippen LogP contribution in [0.5, 0.6) is 0 Å². The number of halogens is 3. The van der Waals surface area contributed by atoms with Crippen LogP contribution in [0.4, 0.5) is 13.2 Å². The Bertz CT molecular complexity index is 453. The molecule has 2 aromatic rings. The van der Waals surface area contributed by atoms with Crippen LogP contribution in [0.1, 0.15) is 0 Å². The van der Waals surface area contributed by atoms with Gasteiger partial charge in [0.15, 0.2) is 17.5 Å². The SMILES string of the molecule is Fc1ccc(-c2cscn2)c(F)c1F. The zero-order chi connectivity index (χ0) is 10.1. The highest BCUT2D eigenvalue weighted by Gasteiger charge is 2.15. The van der Waals surface area contributed by atoms with Crippen LogP contribution in [-0.4, -0.2) is 4.98 Å². The Balaban J connectivity index is 2.61. The predicted octanol–water partition coefficient (Wildman–Crippen LogP) is 3.23. The monoisotopic (exact) mass is 215 g/mol. The van der Waals surface area contributed by atoms with E-state index in [0.29, 0.717) is 5.69 Å². The summed E-state index contributed by atoms with van der Waals surface area (Å²) in [5, 5.41) is 1.57. The number of aromatic nitrogens is 1. The van der Waals surface area contributed by atoms with Gasteiger partial charge in [-0.2, -0.15) is 0 Å². The first-order chi connectivity index (χ1) is 6.70. The molecule has 0 amide bonds. The van der Waals surface area contributed by atoms with Gasteiger partial charge in [-0.05, 0) is 12.1 Å². The van der Waals surface area contributed by atoms with Gasteiger partial charge in [-0.1, -0.05) is 0 Å². The summed E-state index contributed by atoms with van der Waals surface area (Å²) in [5.41, 5.74) is 1.78. The van der Waals surface area contributed by atoms with E-state index in [9.17, 15) is 13.2 Å². The van der Waals surface area contributed by atoms with Gasteiger partial charge >= 0.3 is 0 Å². The van der Waals surface area contributed by atoms with E-state index in [1.807, 2.05) is 0 Å². The molecule has 72 valence electrons. The summed E-state index contributed by atoms with van der Waals surface area (Å²) >= 11 is 1.26. The van der Waals surface area contributed by atoms with E-state index >= 15 is 0 Å². The van der Waals surface area contributed by atoms with Gasteiger partial charge in [0.25, 0.3) is 0 Å². The van der Waals surface area contributed by atoms with Crippen LogP contribution in [0.2, 0.25) is 0 Å². The molecule has 1 aromatic carbocycles. The Kier molecular flexibility index (Phi) is 2.25. The standard InChI is InChI=1S/C9H4F3NS/c10-6-2-1-5(8(11)9(6)12)7-3-14-4-13-7/h1-4H. The predicted molar refractivity (Wildman–Crippen MR) is 47.4 cm³/mol. The minimum Gasteiger partial charge on any atom is -0.245 e. The van der Waals surface area contributed by atoms with Crippen molar-refractivity contribution in [2.75, 3.05) is 0 Å². The fourth-order valence-electron chi connectivity index (χ4n) is 1.07. The van der Waals surface area contributed by atoms with E-state index in [-0.39, 0.29) is 5.56 Å². The summed E-state index contributed by atoms with van der Waals surface area (Å²) in [6, 6.07) is 2.05. The lowest BCUT2D eigenvalue weighted by Crippen LogP contribution is -1.93. The van der Waals surface area contributed by atoms with Gasteiger partial charge in [0.2, 0.25) is 0 Å². The van der Waals surface area contributed by atoms with E-state index in [1.54, 1.807) is 5.38 Å². The van der Waals surface area contributed by atoms with Gasteiger partial charge in [-0.25, -0.2) is 18.2 Å². The van der Waals surface area contributed by atoms with Gasteiger partial charge in [-0.15, -0.1) is 11.3 Å². The molecule has 0 spiro atoms. The average Bonchev–Trinajstić information content (AvgIpc) is 2.67. The molecule has 14 heavy (non-hydrogen) atoms. The highest BCUT2D eigenvalue weighted by molar-refractivity contribution is 7.07. The molecule has 0 bridgehead atoms. The second-order valence-corrected chi connectivity index (χ2v) is 3.32. The second-order valence-electron chi connectivity index (χ2n) is 2.60. The lowest BCUT2D eigenvalue weighted by atomic mass is 10.1. The molecule has 5 heteroatoms. The number of hydrogen-bond acceptors (Lipinski definition) is 2. The van der Waals surface area contributed by atoms with Crippen molar-refractivity contribution in [2.24, 2.45) is 0 Å². The number of hydrogen-bond donors (Lipinski definition) is 0. The highest BCUT2D eigenvalue weighted by Crippen LogP contribution is 2.25. The minimum absolute atomic E-state index is 0.0230. The minimum atomic E-state index is -1.46. The molecule has 0 atom stereocenters. The topological polar surface area (TPSA) is 12.9 Å². The molecule has 0 aliphatic carbocycles. The Morgan fingerprint density at radius 3 is 2.50 bits per heavy atom. The van der Waals surface area contributed by atoms with Crippen LogP contribution in [0.15, 0.2) is 23.0 Å². The Hall–Kier alpha value is -1.36. The van der Waals surface area contributed by atoms with E-state index in [2.05, 4.69) is 4.98 Å². The Labute approximate surface area is 81.8 Å². The molecule has 1 heterocycles. The maximum absolute atomic E-state index is 13.2. The van der Waals surface area contributed by atoms with Crippen LogP contribution < -0.4 is 0 Å². The van der Waals surface area contributed by atoms with E-state index < -0.39 is 17.5 Å². The van der Waals surface area contributed by atoms with Crippen molar-refractivity contribution in [3.63, 3.8) is 0 Å². The summed E-state index contributed by atoms with van der Waals surface area (Å²) in [7, 11) is 0. The maximum atomic E-state index is 13.2. The second kappa shape index (κ2) is 3.42. The summed E-state index contributed by atoms with van der Waals surface area (Å²) in [5.74, 6) is -3.85. The molecule has 0 saturated heterocycles. The third kappa shape index (κ3) is 1.39. The molecule has 0 unspecified atom stereocenters. The average molecular weight is 215 g/mol. The van der Waals surface area contributed by atoms with Crippen molar-refractivity contribution >= 4 is 11.3 Å². The summed E-state index contributed by atoms with van der Waals surface area (Å²) in [6.07, 6.45) is 0. The highest BCUT2D eigenvalue weighted by atomic mass is 32.1. The third-order valence-corrected chi connectivity index (χ3v) is 2.33. The number of nitrogens with zero attached hydrogens (tertiary/aromatic N) is 1. The van der Waals surface area contributed by atoms with E-state index in [0.717, 1.165) is 6.07 Å². The maximum Gasteiger partial charge on any atom is 0.195 e. The molecule has 0 N–H and O–H groups in total. The molecule has 2 rings (SSSR count). The van der Waals surface area contributed by atoms with Gasteiger partial charge in [0.1, 0.15) is 0 Å². The molecular weight excluding hydrogens is 211 g/mol. The quantitative estimate of drug-likeness (QED) is 0.665. The molecule has 1 nitrogen and oxygen atoms in total. The summed E-state index contributed by atoms with van der Waals surface area (Å²) < 4.78 is 38.6. The first kappa shape index (κ1) is 9.21. The smallest absolute Gasteiger partial charge is 0.195 e. The fraction of sp³-hybridized carbons (Fsp3) is 0. The Morgan fingerprint density at radius 2 is 1.86 bits per heavy atom.